The Kier molecular flexibility index (Phi) is 5.30. The third-order valence-corrected chi connectivity index (χ3v) is 7.68. The van der Waals surface area contributed by atoms with E-state index in [2.05, 4.69) is 31.4 Å². The molecule has 1 aliphatic heterocycles. The molecular formula is C21H35N3O3. The van der Waals surface area contributed by atoms with E-state index in [0.717, 1.165) is 25.7 Å². The van der Waals surface area contributed by atoms with Gasteiger partial charge in [-0.25, -0.2) is 4.79 Å². The summed E-state index contributed by atoms with van der Waals surface area (Å²) in [6.45, 7) is 9.36. The normalized spacial score (nSPS) is 32.0. The molecule has 0 aromatic carbocycles. The van der Waals surface area contributed by atoms with Crippen LogP contribution in [0.15, 0.2) is 0 Å². The fraction of sp³-hybridized carbons (Fsp3) is 0.857. The molecule has 0 radical (unpaired) electrons. The highest BCUT2D eigenvalue weighted by Gasteiger charge is 2.65. The summed E-state index contributed by atoms with van der Waals surface area (Å²) in [7, 11) is 1.57. The van der Waals surface area contributed by atoms with Gasteiger partial charge in [0.2, 0.25) is 5.91 Å². The molecule has 1 heterocycles. The van der Waals surface area contributed by atoms with Crippen LogP contribution in [0.25, 0.3) is 0 Å². The molecular weight excluding hydrogens is 342 g/mol. The van der Waals surface area contributed by atoms with E-state index >= 15 is 0 Å². The average molecular weight is 378 g/mol. The Hall–Kier alpha value is -1.59. The summed E-state index contributed by atoms with van der Waals surface area (Å²) in [6.07, 6.45) is 5.24. The van der Waals surface area contributed by atoms with Crippen molar-refractivity contribution >= 4 is 17.7 Å². The summed E-state index contributed by atoms with van der Waals surface area (Å²) < 4.78 is 0. The molecule has 0 bridgehead atoms. The molecule has 152 valence electrons. The molecule has 2 N–H and O–H groups in total. The number of carbonyl (C=O) groups excluding carboxylic acids is 3. The number of carbonyl (C=O) groups is 3. The zero-order valence-corrected chi connectivity index (χ0v) is 17.4. The second-order valence-electron chi connectivity index (χ2n) is 9.79. The van der Waals surface area contributed by atoms with Crippen LogP contribution in [-0.4, -0.2) is 48.8 Å². The second-order valence-corrected chi connectivity index (χ2v) is 9.79. The van der Waals surface area contributed by atoms with Gasteiger partial charge >= 0.3 is 6.03 Å². The van der Waals surface area contributed by atoms with E-state index in [1.54, 1.807) is 14.0 Å². The minimum Gasteiger partial charge on any atom is -0.341 e. The Morgan fingerprint density at radius 3 is 2.22 bits per heavy atom. The quantitative estimate of drug-likeness (QED) is 0.790. The minimum absolute atomic E-state index is 0.0181. The van der Waals surface area contributed by atoms with Crippen LogP contribution in [0.1, 0.15) is 59.8 Å². The highest BCUT2D eigenvalue weighted by Crippen LogP contribution is 2.64. The number of likely N-dealkylation sites (tertiary alicyclic amines) is 1. The Bertz CT molecular complexity index is 624. The van der Waals surface area contributed by atoms with Crippen molar-refractivity contribution < 1.29 is 14.4 Å². The van der Waals surface area contributed by atoms with Crippen molar-refractivity contribution in [3.05, 3.63) is 0 Å². The number of urea groups is 1. The smallest absolute Gasteiger partial charge is 0.315 e. The predicted octanol–water partition coefficient (Wildman–Crippen LogP) is 2.57. The van der Waals surface area contributed by atoms with Crippen LogP contribution in [0, 0.1) is 28.6 Å². The molecule has 6 nitrogen and oxygen atoms in total. The van der Waals surface area contributed by atoms with Crippen LogP contribution < -0.4 is 10.6 Å². The van der Waals surface area contributed by atoms with E-state index in [4.69, 9.17) is 0 Å². The molecule has 1 saturated heterocycles. The molecule has 4 atom stereocenters. The number of fused-ring (bicyclic) bond motifs is 1. The summed E-state index contributed by atoms with van der Waals surface area (Å²) in [5.41, 5.74) is -0.118. The second kappa shape index (κ2) is 7.10. The Balaban J connectivity index is 1.83. The fourth-order valence-electron chi connectivity index (χ4n) is 5.73. The minimum atomic E-state index is -0.538. The van der Waals surface area contributed by atoms with E-state index in [0.29, 0.717) is 24.9 Å². The molecule has 2 unspecified atom stereocenters. The topological polar surface area (TPSA) is 78.5 Å². The zero-order valence-electron chi connectivity index (χ0n) is 17.4. The summed E-state index contributed by atoms with van der Waals surface area (Å²) in [5.74, 6) is 0.837. The first-order valence-corrected chi connectivity index (χ1v) is 10.4. The van der Waals surface area contributed by atoms with Gasteiger partial charge in [-0.15, -0.1) is 0 Å². The number of ketones is 1. The standard InChI is InChI=1S/C21H35N3O3/c1-13(25)14-11-24(12-15-16(14)20(15,2)3)18(26)17(23-19(27)22-5)21(4)9-7-6-8-10-21/h14-17H,6-12H2,1-5H3,(H2,22,23,27)/t14?,15-,16+,17?/m0/s1. The first kappa shape index (κ1) is 20.2. The Morgan fingerprint density at radius 2 is 1.67 bits per heavy atom. The number of piperidine rings is 1. The lowest BCUT2D eigenvalue weighted by Crippen LogP contribution is -2.60. The van der Waals surface area contributed by atoms with Gasteiger partial charge in [0.1, 0.15) is 11.8 Å². The molecule has 3 rings (SSSR count). The van der Waals surface area contributed by atoms with E-state index in [1.165, 1.54) is 6.42 Å². The molecule has 3 aliphatic rings. The van der Waals surface area contributed by atoms with Crippen LogP contribution >= 0.6 is 0 Å². The fourth-order valence-corrected chi connectivity index (χ4v) is 5.73. The SMILES string of the molecule is CNC(=O)NC(C(=O)N1CC(C(C)=O)[C@@H]2[C@H](C1)C2(C)C)C1(C)CCCCC1. The first-order chi connectivity index (χ1) is 12.6. The lowest BCUT2D eigenvalue weighted by atomic mass is 9.70. The Morgan fingerprint density at radius 1 is 1.04 bits per heavy atom. The highest BCUT2D eigenvalue weighted by molar-refractivity contribution is 5.89. The van der Waals surface area contributed by atoms with Gasteiger partial charge < -0.3 is 15.5 Å². The first-order valence-electron chi connectivity index (χ1n) is 10.4. The summed E-state index contributed by atoms with van der Waals surface area (Å²) >= 11 is 0. The number of nitrogens with one attached hydrogen (secondary N) is 2. The molecule has 0 spiro atoms. The van der Waals surface area contributed by atoms with Gasteiger partial charge in [-0.1, -0.05) is 40.0 Å². The molecule has 3 fully saturated rings. The van der Waals surface area contributed by atoms with Gasteiger partial charge in [-0.05, 0) is 42.4 Å². The summed E-state index contributed by atoms with van der Waals surface area (Å²) in [5, 5.41) is 5.53. The van der Waals surface area contributed by atoms with Crippen LogP contribution in [0.3, 0.4) is 0 Å². The van der Waals surface area contributed by atoms with Crippen molar-refractivity contribution in [2.75, 3.05) is 20.1 Å². The lowest BCUT2D eigenvalue weighted by molar-refractivity contribution is -0.140. The maximum atomic E-state index is 13.6. The number of hydrogen-bond donors (Lipinski definition) is 2. The largest absolute Gasteiger partial charge is 0.341 e. The van der Waals surface area contributed by atoms with Crippen LogP contribution in [-0.2, 0) is 9.59 Å². The van der Waals surface area contributed by atoms with Gasteiger partial charge in [0.15, 0.2) is 0 Å². The Labute approximate surface area is 162 Å². The molecule has 0 aromatic rings. The van der Waals surface area contributed by atoms with Crippen LogP contribution in [0.4, 0.5) is 4.79 Å². The van der Waals surface area contributed by atoms with Crippen molar-refractivity contribution in [2.45, 2.75) is 65.8 Å². The van der Waals surface area contributed by atoms with E-state index in [9.17, 15) is 14.4 Å². The number of hydrogen-bond acceptors (Lipinski definition) is 3. The molecule has 6 heteroatoms. The van der Waals surface area contributed by atoms with Gasteiger partial charge in [-0.2, -0.15) is 0 Å². The number of nitrogens with zero attached hydrogens (tertiary/aromatic N) is 1. The number of amides is 3. The number of rotatable bonds is 4. The van der Waals surface area contributed by atoms with Crippen LogP contribution in [0.2, 0.25) is 0 Å². The summed E-state index contributed by atoms with van der Waals surface area (Å²) in [6, 6.07) is -0.853. The van der Waals surface area contributed by atoms with Crippen molar-refractivity contribution in [2.24, 2.45) is 28.6 Å². The number of Topliss-reactive ketones (excluding diaryl/α,β-unsaturated/α-hetero) is 1. The van der Waals surface area contributed by atoms with E-state index in [-0.39, 0.29) is 34.5 Å². The van der Waals surface area contributed by atoms with Gasteiger partial charge in [0.05, 0.1) is 0 Å². The van der Waals surface area contributed by atoms with Gasteiger partial charge in [-0.3, -0.25) is 9.59 Å². The molecule has 2 aliphatic carbocycles. The van der Waals surface area contributed by atoms with Crippen LogP contribution in [0.5, 0.6) is 0 Å². The highest BCUT2D eigenvalue weighted by atomic mass is 16.2. The molecule has 3 amide bonds. The average Bonchev–Trinajstić information content (AvgIpc) is 3.19. The summed E-state index contributed by atoms with van der Waals surface area (Å²) in [4.78, 5) is 39.8. The molecule has 0 aromatic heterocycles. The molecule has 27 heavy (non-hydrogen) atoms. The van der Waals surface area contributed by atoms with Crippen molar-refractivity contribution in [3.63, 3.8) is 0 Å². The third-order valence-electron chi connectivity index (χ3n) is 7.68. The van der Waals surface area contributed by atoms with Crippen molar-refractivity contribution in [3.8, 4) is 0 Å². The van der Waals surface area contributed by atoms with Gasteiger partial charge in [0, 0.05) is 26.1 Å². The van der Waals surface area contributed by atoms with E-state index < -0.39 is 6.04 Å². The van der Waals surface area contributed by atoms with Crippen molar-refractivity contribution in [1.82, 2.24) is 15.5 Å². The van der Waals surface area contributed by atoms with Crippen molar-refractivity contribution in [1.29, 1.82) is 0 Å². The predicted molar refractivity (Wildman–Crippen MR) is 104 cm³/mol. The maximum Gasteiger partial charge on any atom is 0.315 e. The zero-order chi connectivity index (χ0) is 20.0. The van der Waals surface area contributed by atoms with E-state index in [1.807, 2.05) is 4.90 Å². The third kappa shape index (κ3) is 3.59. The maximum absolute atomic E-state index is 13.6. The lowest BCUT2D eigenvalue weighted by Gasteiger charge is -2.43. The van der Waals surface area contributed by atoms with Gasteiger partial charge in [0.25, 0.3) is 0 Å². The molecule has 2 saturated carbocycles. The monoisotopic (exact) mass is 377 g/mol.